The molecule has 0 aromatic heterocycles. The lowest BCUT2D eigenvalue weighted by atomic mass is 10.2. The number of ether oxygens (including phenoxy) is 1. The van der Waals surface area contributed by atoms with Gasteiger partial charge in [0.25, 0.3) is 0 Å². The number of alkyl halides is 3. The largest absolute Gasteiger partial charge is 0.573 e. The Balaban J connectivity index is 2.84. The third-order valence-corrected chi connectivity index (χ3v) is 2.22. The molecule has 15 heavy (non-hydrogen) atoms. The van der Waals surface area contributed by atoms with E-state index < -0.39 is 6.36 Å². The summed E-state index contributed by atoms with van der Waals surface area (Å²) >= 11 is 3.02. The van der Waals surface area contributed by atoms with E-state index in [0.717, 1.165) is 5.56 Å². The molecule has 0 bridgehead atoms. The Hall–Kier alpha value is -0.750. The van der Waals surface area contributed by atoms with Crippen LogP contribution in [0.5, 0.6) is 5.75 Å². The maximum absolute atomic E-state index is 11.9. The van der Waals surface area contributed by atoms with Crippen molar-refractivity contribution < 1.29 is 17.9 Å². The average molecular weight is 284 g/mol. The predicted molar refractivity (Wildman–Crippen MR) is 53.6 cm³/mol. The molecular formula is C9H9BrF3NO. The van der Waals surface area contributed by atoms with Gasteiger partial charge in [-0.15, -0.1) is 13.2 Å². The van der Waals surface area contributed by atoms with Crippen LogP contribution in [0, 0.1) is 0 Å². The van der Waals surface area contributed by atoms with Crippen LogP contribution in [0.25, 0.3) is 0 Å². The molecule has 0 heterocycles. The third kappa shape index (κ3) is 4.09. The first-order valence-corrected chi connectivity index (χ1v) is 4.90. The minimum absolute atomic E-state index is 0.234. The van der Waals surface area contributed by atoms with Gasteiger partial charge in [0.1, 0.15) is 5.75 Å². The van der Waals surface area contributed by atoms with Crippen LogP contribution in [-0.2, 0) is 6.54 Å². The minimum Gasteiger partial charge on any atom is -0.405 e. The van der Waals surface area contributed by atoms with Crippen LogP contribution in [0.1, 0.15) is 5.56 Å². The van der Waals surface area contributed by atoms with Gasteiger partial charge >= 0.3 is 6.36 Å². The van der Waals surface area contributed by atoms with Gasteiger partial charge < -0.3 is 10.1 Å². The zero-order valence-corrected chi connectivity index (χ0v) is 9.45. The topological polar surface area (TPSA) is 21.3 Å². The lowest BCUT2D eigenvalue weighted by molar-refractivity contribution is -0.274. The SMILES string of the molecule is CNCc1ccc(OC(F)(F)F)c(Br)c1. The summed E-state index contributed by atoms with van der Waals surface area (Å²) in [6.07, 6.45) is -4.66. The van der Waals surface area contributed by atoms with E-state index in [-0.39, 0.29) is 10.2 Å². The third-order valence-electron chi connectivity index (χ3n) is 1.60. The molecule has 0 aliphatic heterocycles. The van der Waals surface area contributed by atoms with E-state index in [1.807, 2.05) is 0 Å². The van der Waals surface area contributed by atoms with Crippen molar-refractivity contribution in [3.8, 4) is 5.75 Å². The van der Waals surface area contributed by atoms with Crippen molar-refractivity contribution in [2.75, 3.05) is 7.05 Å². The minimum atomic E-state index is -4.66. The van der Waals surface area contributed by atoms with E-state index in [1.165, 1.54) is 6.07 Å². The van der Waals surface area contributed by atoms with Gasteiger partial charge in [-0.2, -0.15) is 0 Å². The molecule has 1 aromatic carbocycles. The van der Waals surface area contributed by atoms with Crippen molar-refractivity contribution in [2.45, 2.75) is 12.9 Å². The molecule has 0 atom stereocenters. The fourth-order valence-corrected chi connectivity index (χ4v) is 1.57. The number of benzene rings is 1. The molecular weight excluding hydrogens is 275 g/mol. The Bertz CT molecular complexity index is 341. The van der Waals surface area contributed by atoms with E-state index in [9.17, 15) is 13.2 Å². The molecule has 0 aliphatic rings. The van der Waals surface area contributed by atoms with Gasteiger partial charge in [0, 0.05) is 6.54 Å². The first-order valence-electron chi connectivity index (χ1n) is 4.11. The van der Waals surface area contributed by atoms with Crippen LogP contribution < -0.4 is 10.1 Å². The monoisotopic (exact) mass is 283 g/mol. The molecule has 1 aromatic rings. The summed E-state index contributed by atoms with van der Waals surface area (Å²) in [5.41, 5.74) is 0.874. The second-order valence-electron chi connectivity index (χ2n) is 2.84. The van der Waals surface area contributed by atoms with Crippen LogP contribution in [0.15, 0.2) is 22.7 Å². The summed E-state index contributed by atoms with van der Waals surface area (Å²) < 4.78 is 39.8. The van der Waals surface area contributed by atoms with Crippen molar-refractivity contribution in [3.63, 3.8) is 0 Å². The summed E-state index contributed by atoms with van der Waals surface area (Å²) in [6, 6.07) is 4.43. The van der Waals surface area contributed by atoms with E-state index in [4.69, 9.17) is 0 Å². The number of nitrogens with one attached hydrogen (secondary N) is 1. The predicted octanol–water partition coefficient (Wildman–Crippen LogP) is 3.07. The Kier molecular flexibility index (Phi) is 3.98. The fourth-order valence-electron chi connectivity index (χ4n) is 1.07. The molecule has 1 N–H and O–H groups in total. The average Bonchev–Trinajstić information content (AvgIpc) is 2.08. The highest BCUT2D eigenvalue weighted by atomic mass is 79.9. The first kappa shape index (κ1) is 12.3. The normalized spacial score (nSPS) is 11.5. The Labute approximate surface area is 93.6 Å². The lowest BCUT2D eigenvalue weighted by Gasteiger charge is -2.11. The maximum atomic E-state index is 11.9. The molecule has 84 valence electrons. The quantitative estimate of drug-likeness (QED) is 0.921. The van der Waals surface area contributed by atoms with E-state index in [0.29, 0.717) is 6.54 Å². The number of hydrogen-bond acceptors (Lipinski definition) is 2. The Morgan fingerprint density at radius 1 is 1.40 bits per heavy atom. The second-order valence-corrected chi connectivity index (χ2v) is 3.70. The fraction of sp³-hybridized carbons (Fsp3) is 0.333. The molecule has 6 heteroatoms. The van der Waals surface area contributed by atoms with Gasteiger partial charge in [-0.25, -0.2) is 0 Å². The van der Waals surface area contributed by atoms with Crippen molar-refractivity contribution in [1.82, 2.24) is 5.32 Å². The summed E-state index contributed by atoms with van der Waals surface area (Å²) in [4.78, 5) is 0. The maximum Gasteiger partial charge on any atom is 0.573 e. The molecule has 0 saturated heterocycles. The zero-order valence-electron chi connectivity index (χ0n) is 7.86. The van der Waals surface area contributed by atoms with E-state index in [2.05, 4.69) is 26.0 Å². The van der Waals surface area contributed by atoms with Crippen molar-refractivity contribution >= 4 is 15.9 Å². The molecule has 0 saturated carbocycles. The van der Waals surface area contributed by atoms with Crippen molar-refractivity contribution in [2.24, 2.45) is 0 Å². The Morgan fingerprint density at radius 3 is 2.53 bits per heavy atom. The number of halogens is 4. The summed E-state index contributed by atoms with van der Waals surface area (Å²) in [5.74, 6) is -0.234. The zero-order chi connectivity index (χ0) is 11.5. The van der Waals surface area contributed by atoms with Crippen molar-refractivity contribution in [1.29, 1.82) is 0 Å². The van der Waals surface area contributed by atoms with E-state index in [1.54, 1.807) is 19.2 Å². The molecule has 0 amide bonds. The van der Waals surface area contributed by atoms with Gasteiger partial charge in [0.2, 0.25) is 0 Å². The van der Waals surface area contributed by atoms with Gasteiger partial charge in [-0.05, 0) is 40.7 Å². The van der Waals surface area contributed by atoms with E-state index >= 15 is 0 Å². The smallest absolute Gasteiger partial charge is 0.405 e. The highest BCUT2D eigenvalue weighted by Crippen LogP contribution is 2.30. The van der Waals surface area contributed by atoms with Crippen LogP contribution in [0.2, 0.25) is 0 Å². The number of rotatable bonds is 3. The van der Waals surface area contributed by atoms with Gasteiger partial charge in [0.15, 0.2) is 0 Å². The lowest BCUT2D eigenvalue weighted by Crippen LogP contribution is -2.17. The summed E-state index contributed by atoms with van der Waals surface area (Å²) in [7, 11) is 1.76. The van der Waals surface area contributed by atoms with Crippen LogP contribution in [0.4, 0.5) is 13.2 Å². The van der Waals surface area contributed by atoms with Crippen LogP contribution in [-0.4, -0.2) is 13.4 Å². The highest BCUT2D eigenvalue weighted by molar-refractivity contribution is 9.10. The van der Waals surface area contributed by atoms with Crippen LogP contribution in [0.3, 0.4) is 0 Å². The number of hydrogen-bond donors (Lipinski definition) is 1. The molecule has 0 fully saturated rings. The standard InChI is InChI=1S/C9H9BrF3NO/c1-14-5-6-2-3-8(7(10)4-6)15-9(11,12)13/h2-4,14H,5H2,1H3. The van der Waals surface area contributed by atoms with Gasteiger partial charge in [-0.1, -0.05) is 6.07 Å². The Morgan fingerprint density at radius 2 is 2.07 bits per heavy atom. The summed E-state index contributed by atoms with van der Waals surface area (Å²) in [5, 5.41) is 2.90. The first-order chi connectivity index (χ1) is 6.92. The molecule has 0 spiro atoms. The molecule has 1 rings (SSSR count). The molecule has 2 nitrogen and oxygen atoms in total. The van der Waals surface area contributed by atoms with Gasteiger partial charge in [-0.3, -0.25) is 0 Å². The van der Waals surface area contributed by atoms with Gasteiger partial charge in [0.05, 0.1) is 4.47 Å². The highest BCUT2D eigenvalue weighted by Gasteiger charge is 2.31. The van der Waals surface area contributed by atoms with Crippen LogP contribution >= 0.6 is 15.9 Å². The second kappa shape index (κ2) is 4.85. The molecule has 0 unspecified atom stereocenters. The molecule has 0 aliphatic carbocycles. The van der Waals surface area contributed by atoms with Crippen molar-refractivity contribution in [3.05, 3.63) is 28.2 Å². The molecule has 0 radical (unpaired) electrons. The summed E-state index contributed by atoms with van der Waals surface area (Å²) in [6.45, 7) is 0.588.